The van der Waals surface area contributed by atoms with Crippen LogP contribution in [-0.2, 0) is 0 Å². The number of hydrogen-bond acceptors (Lipinski definition) is 4. The number of piperidine rings is 1. The van der Waals surface area contributed by atoms with Crippen molar-refractivity contribution in [1.82, 2.24) is 9.80 Å². The zero-order valence-electron chi connectivity index (χ0n) is 9.74. The summed E-state index contributed by atoms with van der Waals surface area (Å²) in [5.74, 6) is 2.58. The minimum atomic E-state index is 0.327. The highest BCUT2D eigenvalue weighted by atomic mass is 32.2. The highest BCUT2D eigenvalue weighted by Crippen LogP contribution is 2.29. The van der Waals surface area contributed by atoms with E-state index in [0.717, 1.165) is 6.54 Å². The van der Waals surface area contributed by atoms with Gasteiger partial charge in [0.25, 0.3) is 0 Å². The van der Waals surface area contributed by atoms with Crippen molar-refractivity contribution >= 4 is 11.8 Å². The first-order valence-electron chi connectivity index (χ1n) is 5.98. The molecule has 2 fully saturated rings. The molecular weight excluding hydrogens is 206 g/mol. The van der Waals surface area contributed by atoms with Crippen molar-refractivity contribution in [1.29, 1.82) is 0 Å². The molecule has 2 rings (SSSR count). The van der Waals surface area contributed by atoms with Gasteiger partial charge in [0.2, 0.25) is 0 Å². The molecule has 3 nitrogen and oxygen atoms in total. The molecule has 2 aliphatic rings. The first-order chi connectivity index (χ1) is 7.27. The largest absolute Gasteiger partial charge is 0.329 e. The van der Waals surface area contributed by atoms with Crippen LogP contribution in [-0.4, -0.2) is 66.6 Å². The van der Waals surface area contributed by atoms with Gasteiger partial charge in [-0.25, -0.2) is 0 Å². The Bertz CT molecular complexity index is 196. The number of nitrogens with two attached hydrogens (primary N) is 1. The van der Waals surface area contributed by atoms with E-state index >= 15 is 0 Å². The molecule has 0 bridgehead atoms. The van der Waals surface area contributed by atoms with Crippen molar-refractivity contribution < 1.29 is 0 Å². The van der Waals surface area contributed by atoms with Crippen LogP contribution in [0.1, 0.15) is 12.8 Å². The zero-order valence-corrected chi connectivity index (χ0v) is 10.6. The van der Waals surface area contributed by atoms with E-state index < -0.39 is 0 Å². The van der Waals surface area contributed by atoms with Crippen molar-refractivity contribution in [3.05, 3.63) is 0 Å². The van der Waals surface area contributed by atoms with Crippen LogP contribution >= 0.6 is 11.8 Å². The Labute approximate surface area is 97.4 Å². The zero-order chi connectivity index (χ0) is 10.7. The van der Waals surface area contributed by atoms with Crippen LogP contribution in [0, 0.1) is 0 Å². The second kappa shape index (κ2) is 5.04. The van der Waals surface area contributed by atoms with Gasteiger partial charge in [0.1, 0.15) is 0 Å². The summed E-state index contributed by atoms with van der Waals surface area (Å²) >= 11 is 2.08. The number of thioether (sulfide) groups is 1. The maximum Gasteiger partial charge on any atom is 0.0356 e. The van der Waals surface area contributed by atoms with Gasteiger partial charge in [0, 0.05) is 36.7 Å². The van der Waals surface area contributed by atoms with Crippen LogP contribution in [0.5, 0.6) is 0 Å². The standard InChI is InChI=1S/C11H23N3S/c1-13-4-2-11(10-12,3-5-13)14-6-8-15-9-7-14/h2-10,12H2,1H3. The highest BCUT2D eigenvalue weighted by Gasteiger charge is 2.38. The second-order valence-corrected chi connectivity index (χ2v) is 6.06. The number of rotatable bonds is 2. The Morgan fingerprint density at radius 3 is 2.27 bits per heavy atom. The van der Waals surface area contributed by atoms with Crippen LogP contribution in [0.2, 0.25) is 0 Å². The molecule has 0 aromatic carbocycles. The van der Waals surface area contributed by atoms with E-state index in [1.807, 2.05) is 0 Å². The van der Waals surface area contributed by atoms with Crippen molar-refractivity contribution in [2.24, 2.45) is 5.73 Å². The Morgan fingerprint density at radius 1 is 1.13 bits per heavy atom. The second-order valence-electron chi connectivity index (χ2n) is 4.83. The monoisotopic (exact) mass is 229 g/mol. The summed E-state index contributed by atoms with van der Waals surface area (Å²) < 4.78 is 0. The van der Waals surface area contributed by atoms with Gasteiger partial charge < -0.3 is 10.6 Å². The average Bonchev–Trinajstić information content (AvgIpc) is 2.32. The fraction of sp³-hybridized carbons (Fsp3) is 1.00. The molecule has 0 aromatic heterocycles. The molecular formula is C11H23N3S. The van der Waals surface area contributed by atoms with E-state index in [-0.39, 0.29) is 0 Å². The molecule has 0 radical (unpaired) electrons. The van der Waals surface area contributed by atoms with Gasteiger partial charge >= 0.3 is 0 Å². The molecule has 0 aromatic rings. The maximum absolute atomic E-state index is 6.05. The van der Waals surface area contributed by atoms with Gasteiger partial charge in [-0.2, -0.15) is 11.8 Å². The molecule has 0 unspecified atom stereocenters. The van der Waals surface area contributed by atoms with E-state index in [0.29, 0.717) is 5.54 Å². The van der Waals surface area contributed by atoms with E-state index in [2.05, 4.69) is 28.6 Å². The van der Waals surface area contributed by atoms with Gasteiger partial charge in [0.15, 0.2) is 0 Å². The third kappa shape index (κ3) is 2.49. The molecule has 2 saturated heterocycles. The lowest BCUT2D eigenvalue weighted by molar-refractivity contribution is 0.0415. The normalized spacial score (nSPS) is 29.2. The SMILES string of the molecule is CN1CCC(CN)(N2CCSCC2)CC1. The lowest BCUT2D eigenvalue weighted by Crippen LogP contribution is -2.60. The summed E-state index contributed by atoms with van der Waals surface area (Å²) in [5, 5.41) is 0. The number of hydrogen-bond donors (Lipinski definition) is 1. The summed E-state index contributed by atoms with van der Waals surface area (Å²) in [7, 11) is 2.21. The number of nitrogens with zero attached hydrogens (tertiary/aromatic N) is 2. The Hall–Kier alpha value is 0.230. The van der Waals surface area contributed by atoms with Crippen molar-refractivity contribution in [2.75, 3.05) is 51.3 Å². The highest BCUT2D eigenvalue weighted by molar-refractivity contribution is 7.99. The molecule has 2 heterocycles. The molecule has 4 heteroatoms. The van der Waals surface area contributed by atoms with Crippen molar-refractivity contribution in [3.8, 4) is 0 Å². The number of likely N-dealkylation sites (tertiary alicyclic amines) is 1. The van der Waals surface area contributed by atoms with E-state index in [1.54, 1.807) is 0 Å². The topological polar surface area (TPSA) is 32.5 Å². The van der Waals surface area contributed by atoms with E-state index in [4.69, 9.17) is 5.73 Å². The maximum atomic E-state index is 6.05. The van der Waals surface area contributed by atoms with Crippen molar-refractivity contribution in [2.45, 2.75) is 18.4 Å². The van der Waals surface area contributed by atoms with Crippen LogP contribution in [0.4, 0.5) is 0 Å². The lowest BCUT2D eigenvalue weighted by atomic mass is 9.85. The van der Waals surface area contributed by atoms with Gasteiger partial charge in [-0.05, 0) is 33.0 Å². The molecule has 0 atom stereocenters. The minimum Gasteiger partial charge on any atom is -0.329 e. The summed E-state index contributed by atoms with van der Waals surface area (Å²) in [6.07, 6.45) is 2.51. The molecule has 2 aliphatic heterocycles. The summed E-state index contributed by atoms with van der Waals surface area (Å²) in [4.78, 5) is 5.09. The fourth-order valence-corrected chi connectivity index (χ4v) is 3.62. The first-order valence-corrected chi connectivity index (χ1v) is 7.14. The fourth-order valence-electron chi connectivity index (χ4n) is 2.72. The molecule has 0 amide bonds. The Morgan fingerprint density at radius 2 is 1.73 bits per heavy atom. The predicted octanol–water partition coefficient (Wildman–Crippen LogP) is 0.458. The summed E-state index contributed by atoms with van der Waals surface area (Å²) in [5.41, 5.74) is 6.37. The van der Waals surface area contributed by atoms with E-state index in [1.165, 1.54) is 50.5 Å². The molecule has 2 N–H and O–H groups in total. The third-order valence-electron chi connectivity index (χ3n) is 3.98. The molecule has 0 aliphatic carbocycles. The Kier molecular flexibility index (Phi) is 3.93. The van der Waals surface area contributed by atoms with E-state index in [9.17, 15) is 0 Å². The third-order valence-corrected chi connectivity index (χ3v) is 4.92. The molecule has 15 heavy (non-hydrogen) atoms. The van der Waals surface area contributed by atoms with Crippen LogP contribution < -0.4 is 5.73 Å². The van der Waals surface area contributed by atoms with Gasteiger partial charge in [-0.1, -0.05) is 0 Å². The molecule has 0 saturated carbocycles. The predicted molar refractivity (Wildman–Crippen MR) is 67.4 cm³/mol. The quantitative estimate of drug-likeness (QED) is 0.745. The molecule has 0 spiro atoms. The van der Waals surface area contributed by atoms with Crippen LogP contribution in [0.3, 0.4) is 0 Å². The van der Waals surface area contributed by atoms with Crippen molar-refractivity contribution in [3.63, 3.8) is 0 Å². The smallest absolute Gasteiger partial charge is 0.0356 e. The van der Waals surface area contributed by atoms with Crippen LogP contribution in [0.25, 0.3) is 0 Å². The summed E-state index contributed by atoms with van der Waals surface area (Å²) in [6, 6.07) is 0. The molecule has 88 valence electrons. The summed E-state index contributed by atoms with van der Waals surface area (Å²) in [6.45, 7) is 5.74. The van der Waals surface area contributed by atoms with Crippen LogP contribution in [0.15, 0.2) is 0 Å². The van der Waals surface area contributed by atoms with Gasteiger partial charge in [-0.3, -0.25) is 4.90 Å². The van der Waals surface area contributed by atoms with Gasteiger partial charge in [-0.15, -0.1) is 0 Å². The minimum absolute atomic E-state index is 0.327. The average molecular weight is 229 g/mol. The lowest BCUT2D eigenvalue weighted by Gasteiger charge is -2.49. The first kappa shape index (κ1) is 11.7. The van der Waals surface area contributed by atoms with Gasteiger partial charge in [0.05, 0.1) is 0 Å². The Balaban J connectivity index is 2.00.